The molecule has 4 heteroatoms. The van der Waals surface area contributed by atoms with Crippen molar-refractivity contribution in [2.24, 2.45) is 0 Å². The highest BCUT2D eigenvalue weighted by molar-refractivity contribution is 6.06. The number of benzene rings is 1. The van der Waals surface area contributed by atoms with Crippen molar-refractivity contribution in [1.29, 1.82) is 0 Å². The van der Waals surface area contributed by atoms with Crippen LogP contribution < -0.4 is 4.74 Å². The molecule has 4 nitrogen and oxygen atoms in total. The summed E-state index contributed by atoms with van der Waals surface area (Å²) in [5, 5.41) is 0.738. The van der Waals surface area contributed by atoms with Crippen LogP contribution in [0.4, 0.5) is 0 Å². The van der Waals surface area contributed by atoms with Gasteiger partial charge in [-0.3, -0.25) is 4.98 Å². The lowest BCUT2D eigenvalue weighted by Gasteiger charge is -2.10. The van der Waals surface area contributed by atoms with Gasteiger partial charge in [0.15, 0.2) is 0 Å². The average Bonchev–Trinajstić information content (AvgIpc) is 2.36. The fourth-order valence-electron chi connectivity index (χ4n) is 1.77. The molecule has 0 radical (unpaired) electrons. The van der Waals surface area contributed by atoms with E-state index in [9.17, 15) is 4.79 Å². The smallest absolute Gasteiger partial charge is 0.342 e. The van der Waals surface area contributed by atoms with E-state index in [1.165, 1.54) is 14.2 Å². The van der Waals surface area contributed by atoms with Crippen LogP contribution in [0, 0.1) is 6.92 Å². The zero-order chi connectivity index (χ0) is 12.4. The molecular weight excluding hydrogens is 218 g/mol. The maximum Gasteiger partial charge on any atom is 0.342 e. The van der Waals surface area contributed by atoms with Crippen molar-refractivity contribution in [2.45, 2.75) is 6.92 Å². The predicted octanol–water partition coefficient (Wildman–Crippen LogP) is 2.34. The Morgan fingerprint density at radius 3 is 2.59 bits per heavy atom. The van der Waals surface area contributed by atoms with Gasteiger partial charge in [-0.05, 0) is 25.1 Å². The molecule has 0 saturated heterocycles. The molecule has 0 aliphatic rings. The first-order chi connectivity index (χ1) is 8.17. The highest BCUT2D eigenvalue weighted by Crippen LogP contribution is 2.27. The Morgan fingerprint density at radius 1 is 1.18 bits per heavy atom. The number of rotatable bonds is 2. The minimum absolute atomic E-state index is 0.417. The van der Waals surface area contributed by atoms with Gasteiger partial charge >= 0.3 is 5.97 Å². The molecule has 2 aromatic rings. The van der Waals surface area contributed by atoms with Crippen molar-refractivity contribution in [2.75, 3.05) is 14.2 Å². The Balaban J connectivity index is 2.78. The minimum atomic E-state index is -0.418. The number of carbonyl (C=O) groups excluding carboxylic acids is 1. The molecule has 2 rings (SSSR count). The lowest BCUT2D eigenvalue weighted by Crippen LogP contribution is -2.05. The van der Waals surface area contributed by atoms with Gasteiger partial charge in [0, 0.05) is 11.1 Å². The second-order valence-corrected chi connectivity index (χ2v) is 3.65. The van der Waals surface area contributed by atoms with Crippen molar-refractivity contribution in [3.8, 4) is 5.75 Å². The third-order valence-corrected chi connectivity index (χ3v) is 2.58. The van der Waals surface area contributed by atoms with Crippen LogP contribution in [0.25, 0.3) is 10.9 Å². The van der Waals surface area contributed by atoms with Crippen molar-refractivity contribution in [3.63, 3.8) is 0 Å². The minimum Gasteiger partial charge on any atom is -0.496 e. The molecule has 0 saturated carbocycles. The van der Waals surface area contributed by atoms with Gasteiger partial charge in [0.2, 0.25) is 0 Å². The summed E-state index contributed by atoms with van der Waals surface area (Å²) < 4.78 is 9.95. The van der Waals surface area contributed by atoms with Crippen LogP contribution in [-0.4, -0.2) is 25.2 Å². The molecule has 0 fully saturated rings. The van der Waals surface area contributed by atoms with E-state index < -0.39 is 5.97 Å². The quantitative estimate of drug-likeness (QED) is 0.744. The van der Waals surface area contributed by atoms with E-state index in [1.54, 1.807) is 6.07 Å². The topological polar surface area (TPSA) is 48.4 Å². The number of aromatic nitrogens is 1. The Labute approximate surface area is 99.2 Å². The second-order valence-electron chi connectivity index (χ2n) is 3.65. The van der Waals surface area contributed by atoms with E-state index >= 15 is 0 Å². The highest BCUT2D eigenvalue weighted by Gasteiger charge is 2.17. The van der Waals surface area contributed by atoms with Crippen molar-refractivity contribution < 1.29 is 14.3 Å². The van der Waals surface area contributed by atoms with Crippen LogP contribution in [0.5, 0.6) is 5.75 Å². The summed E-state index contributed by atoms with van der Waals surface area (Å²) in [4.78, 5) is 16.1. The van der Waals surface area contributed by atoms with Gasteiger partial charge in [-0.15, -0.1) is 0 Å². The van der Waals surface area contributed by atoms with E-state index in [-0.39, 0.29) is 0 Å². The highest BCUT2D eigenvalue weighted by atomic mass is 16.5. The molecule has 0 atom stereocenters. The summed E-state index contributed by atoms with van der Waals surface area (Å²) >= 11 is 0. The summed E-state index contributed by atoms with van der Waals surface area (Å²) in [6.07, 6.45) is 0. The summed E-state index contributed by atoms with van der Waals surface area (Å²) in [6, 6.07) is 7.26. The van der Waals surface area contributed by atoms with Gasteiger partial charge < -0.3 is 9.47 Å². The van der Waals surface area contributed by atoms with Gasteiger partial charge in [-0.25, -0.2) is 4.79 Å². The van der Waals surface area contributed by atoms with Crippen LogP contribution >= 0.6 is 0 Å². The molecule has 0 aliphatic heterocycles. The first-order valence-electron chi connectivity index (χ1n) is 5.20. The standard InChI is InChI=1S/C13H13NO3/c1-8-4-5-9-10(14-8)6-7-11(16-2)12(9)13(15)17-3/h4-7H,1-3H3. The van der Waals surface area contributed by atoms with Crippen molar-refractivity contribution >= 4 is 16.9 Å². The third kappa shape index (κ3) is 1.93. The van der Waals surface area contributed by atoms with Crippen LogP contribution in [0.3, 0.4) is 0 Å². The molecule has 0 bridgehead atoms. The number of methoxy groups -OCH3 is 2. The lowest BCUT2D eigenvalue weighted by molar-refractivity contribution is 0.0599. The maximum atomic E-state index is 11.8. The largest absolute Gasteiger partial charge is 0.496 e. The normalized spacial score (nSPS) is 10.3. The summed E-state index contributed by atoms with van der Waals surface area (Å²) in [5.74, 6) is 0.0770. The molecule has 1 heterocycles. The molecule has 1 aromatic carbocycles. The van der Waals surface area contributed by atoms with E-state index in [4.69, 9.17) is 9.47 Å². The van der Waals surface area contributed by atoms with Crippen LogP contribution in [0.15, 0.2) is 24.3 Å². The van der Waals surface area contributed by atoms with Crippen molar-refractivity contribution in [1.82, 2.24) is 4.98 Å². The SMILES string of the molecule is COC(=O)c1c(OC)ccc2nc(C)ccc12. The fraction of sp³-hybridized carbons (Fsp3) is 0.231. The van der Waals surface area contributed by atoms with Gasteiger partial charge in [0.25, 0.3) is 0 Å². The summed E-state index contributed by atoms with van der Waals surface area (Å²) in [5.41, 5.74) is 2.07. The first kappa shape index (κ1) is 11.4. The van der Waals surface area contributed by atoms with Crippen LogP contribution in [-0.2, 0) is 4.74 Å². The molecular formula is C13H13NO3. The Bertz CT molecular complexity index is 578. The van der Waals surface area contributed by atoms with Gasteiger partial charge in [-0.1, -0.05) is 6.07 Å². The number of aryl methyl sites for hydroxylation is 1. The average molecular weight is 231 g/mol. The molecule has 0 N–H and O–H groups in total. The van der Waals surface area contributed by atoms with E-state index in [0.29, 0.717) is 11.3 Å². The number of pyridine rings is 1. The third-order valence-electron chi connectivity index (χ3n) is 2.58. The molecule has 0 spiro atoms. The Kier molecular flexibility index (Phi) is 2.95. The fourth-order valence-corrected chi connectivity index (χ4v) is 1.77. The number of hydrogen-bond donors (Lipinski definition) is 0. The number of esters is 1. The van der Waals surface area contributed by atoms with Crippen LogP contribution in [0.2, 0.25) is 0 Å². The lowest BCUT2D eigenvalue weighted by atomic mass is 10.1. The Hall–Kier alpha value is -2.10. The number of ether oxygens (including phenoxy) is 2. The predicted molar refractivity (Wildman–Crippen MR) is 64.4 cm³/mol. The van der Waals surface area contributed by atoms with Crippen molar-refractivity contribution in [3.05, 3.63) is 35.5 Å². The maximum absolute atomic E-state index is 11.8. The van der Waals surface area contributed by atoms with Crippen LogP contribution in [0.1, 0.15) is 16.1 Å². The molecule has 1 aromatic heterocycles. The molecule has 88 valence electrons. The monoisotopic (exact) mass is 231 g/mol. The number of carbonyl (C=O) groups is 1. The van der Waals surface area contributed by atoms with E-state index in [2.05, 4.69) is 4.98 Å². The van der Waals surface area contributed by atoms with Gasteiger partial charge in [-0.2, -0.15) is 0 Å². The zero-order valence-corrected chi connectivity index (χ0v) is 9.98. The zero-order valence-electron chi connectivity index (χ0n) is 9.98. The molecule has 0 unspecified atom stereocenters. The summed E-state index contributed by atoms with van der Waals surface area (Å²) in [6.45, 7) is 1.90. The number of hydrogen-bond acceptors (Lipinski definition) is 4. The summed E-state index contributed by atoms with van der Waals surface area (Å²) in [7, 11) is 2.87. The molecule has 0 aliphatic carbocycles. The molecule has 17 heavy (non-hydrogen) atoms. The van der Waals surface area contributed by atoms with E-state index in [0.717, 1.165) is 16.6 Å². The van der Waals surface area contributed by atoms with Gasteiger partial charge in [0.05, 0.1) is 19.7 Å². The number of fused-ring (bicyclic) bond motifs is 1. The number of nitrogens with zero attached hydrogens (tertiary/aromatic N) is 1. The van der Waals surface area contributed by atoms with E-state index in [1.807, 2.05) is 25.1 Å². The Morgan fingerprint density at radius 2 is 1.94 bits per heavy atom. The second kappa shape index (κ2) is 4.41. The molecule has 0 amide bonds. The van der Waals surface area contributed by atoms with Gasteiger partial charge in [0.1, 0.15) is 11.3 Å². The first-order valence-corrected chi connectivity index (χ1v) is 5.20.